The maximum Gasteiger partial charge on any atom is 0.164 e. The molecule has 21 rings (SSSR count). The molecule has 0 N–H and O–H groups in total. The van der Waals surface area contributed by atoms with Gasteiger partial charge in [-0.2, -0.15) is 0 Å². The molecule has 21 aromatic rings. The Morgan fingerprint density at radius 2 is 0.371 bits per heavy atom. The van der Waals surface area contributed by atoms with E-state index in [-0.39, 0.29) is 0 Å². The first-order chi connectivity index (χ1) is 57.5. The van der Waals surface area contributed by atoms with E-state index in [2.05, 4.69) is 379 Å². The van der Waals surface area contributed by atoms with E-state index in [0.717, 1.165) is 155 Å². The Bertz CT molecular complexity index is 7180. The van der Waals surface area contributed by atoms with Gasteiger partial charge >= 0.3 is 0 Å². The van der Waals surface area contributed by atoms with Crippen molar-refractivity contribution in [3.63, 3.8) is 0 Å². The molecule has 0 aliphatic carbocycles. The van der Waals surface area contributed by atoms with Crippen LogP contribution in [0.3, 0.4) is 0 Å². The molecule has 0 saturated heterocycles. The van der Waals surface area contributed by atoms with Crippen LogP contribution in [0.1, 0.15) is 0 Å². The zero-order chi connectivity index (χ0) is 76.8. The second kappa shape index (κ2) is 29.6. The second-order valence-electron chi connectivity index (χ2n) is 29.3. The highest BCUT2D eigenvalue weighted by Crippen LogP contribution is 2.48. The summed E-state index contributed by atoms with van der Waals surface area (Å²) >= 11 is 0. The van der Waals surface area contributed by atoms with Crippen molar-refractivity contribution in [2.24, 2.45) is 0 Å². The number of hydrogen-bond acceptors (Lipinski definition) is 6. The van der Waals surface area contributed by atoms with Crippen LogP contribution in [0.15, 0.2) is 425 Å². The van der Waals surface area contributed by atoms with Crippen molar-refractivity contribution in [2.45, 2.75) is 0 Å². The zero-order valence-electron chi connectivity index (χ0n) is 63.0. The van der Waals surface area contributed by atoms with Gasteiger partial charge in [0.15, 0.2) is 34.9 Å². The molecule has 4 aromatic heterocycles. The topological polar surface area (TPSA) is 87.2 Å². The largest absolute Gasteiger partial charge is 0.309 e. The van der Waals surface area contributed by atoms with Crippen molar-refractivity contribution in [3.05, 3.63) is 425 Å². The van der Waals surface area contributed by atoms with Crippen LogP contribution in [0.25, 0.3) is 212 Å². The molecule has 8 nitrogen and oxygen atoms in total. The molecule has 8 heteroatoms. The molecule has 0 fully saturated rings. The number of benzene rings is 17. The number of hydrogen-bond donors (Lipinski definition) is 0. The molecular weight excluding hydrogens is 1410 g/mol. The quantitative estimate of drug-likeness (QED) is 0.0958. The highest BCUT2D eigenvalue weighted by Gasteiger charge is 2.26. The first-order valence-electron chi connectivity index (χ1n) is 39.2. The van der Waals surface area contributed by atoms with Gasteiger partial charge in [0.25, 0.3) is 0 Å². The van der Waals surface area contributed by atoms with Crippen LogP contribution in [0.4, 0.5) is 0 Å². The first-order valence-corrected chi connectivity index (χ1v) is 39.2. The van der Waals surface area contributed by atoms with Crippen LogP contribution < -0.4 is 0 Å². The van der Waals surface area contributed by atoms with Crippen LogP contribution in [0.2, 0.25) is 0 Å². The van der Waals surface area contributed by atoms with Crippen LogP contribution >= 0.6 is 0 Å². The van der Waals surface area contributed by atoms with Gasteiger partial charge in [-0.15, -0.1) is 0 Å². The molecule has 0 amide bonds. The summed E-state index contributed by atoms with van der Waals surface area (Å²) in [5.74, 6) is 3.53. The Kier molecular flexibility index (Phi) is 17.4. The number of para-hydroxylation sites is 2. The van der Waals surface area contributed by atoms with Gasteiger partial charge in [0.1, 0.15) is 0 Å². The third kappa shape index (κ3) is 12.8. The van der Waals surface area contributed by atoms with Crippen LogP contribution in [0, 0.1) is 0 Å². The number of fused-ring (bicyclic) bond motifs is 6. The van der Waals surface area contributed by atoms with Gasteiger partial charge in [0.2, 0.25) is 0 Å². The van der Waals surface area contributed by atoms with E-state index in [0.29, 0.717) is 34.9 Å². The molecule has 0 unspecified atom stereocenters. The van der Waals surface area contributed by atoms with E-state index in [1.165, 1.54) is 21.9 Å². The molecule has 0 radical (unpaired) electrons. The minimum absolute atomic E-state index is 0.568. The molecular formula is C108H70N8. The lowest BCUT2D eigenvalue weighted by Crippen LogP contribution is -2.02. The van der Waals surface area contributed by atoms with E-state index >= 15 is 0 Å². The normalized spacial score (nSPS) is 11.4. The van der Waals surface area contributed by atoms with E-state index in [9.17, 15) is 0 Å². The zero-order valence-corrected chi connectivity index (χ0v) is 63.0. The Hall–Kier alpha value is -15.6. The highest BCUT2D eigenvalue weighted by atomic mass is 15.0. The lowest BCUT2D eigenvalue weighted by molar-refractivity contribution is 1.07. The standard InChI is InChI=1S/C108H70N8/c1-9-30-71(31-10-1)72-52-58-85(59-53-72)115-99-50-27-25-48-87(99)95-65-83(56-62-101(95)115)94-68-92(77-38-17-5-18-39-77)98(70-90(94)75-34-13-3-14-35-75)108-113-105(80-44-23-8-24-45-80)110-106(114-108)84-47-29-46-81(64-84)73-54-60-86(61-55-73)116-100-51-28-26-49-88(100)96-66-82(57-63-102(96)116)93-67-91(76-36-15-4-16-37-76)97(69-89(93)74-32-11-2-12-33-74)107-111-103(78-40-19-6-20-41-78)109-104(112-107)79-42-21-7-22-43-79/h1-70H. The Morgan fingerprint density at radius 1 is 0.129 bits per heavy atom. The SMILES string of the molecule is c1ccc(-c2ccc(-n3c4ccccc4c4cc(-c5cc(-c6ccccc6)c(-c6nc(-c7ccccc7)nc(-c7cccc(-c8ccc(-n9c%10ccccc%10c%10cc(-c%11cc(-c%12ccccc%12)c(-c%12nc(-c%13ccccc%13)nc(-c%13ccccc%13)n%12)cc%11-c%11ccccc%11)ccc%109)cc8)c7)n6)cc5-c5ccccc5)ccc43)cc2)cc1. The first kappa shape index (κ1) is 68.4. The van der Waals surface area contributed by atoms with E-state index < -0.39 is 0 Å². The summed E-state index contributed by atoms with van der Waals surface area (Å²) in [6.07, 6.45) is 0. The van der Waals surface area contributed by atoms with Gasteiger partial charge in [0, 0.05) is 66.3 Å². The monoisotopic (exact) mass is 1480 g/mol. The molecule has 0 atom stereocenters. The molecule has 4 heterocycles. The molecule has 116 heavy (non-hydrogen) atoms. The molecule has 0 aliphatic heterocycles. The predicted molar refractivity (Wildman–Crippen MR) is 478 cm³/mol. The summed E-state index contributed by atoms with van der Waals surface area (Å²) in [7, 11) is 0. The van der Waals surface area contributed by atoms with Crippen molar-refractivity contribution in [1.82, 2.24) is 39.0 Å². The average Bonchev–Trinajstić information content (AvgIpc) is 1.51. The van der Waals surface area contributed by atoms with Crippen LogP contribution in [0.5, 0.6) is 0 Å². The summed E-state index contributed by atoms with van der Waals surface area (Å²) in [5.41, 5.74) is 29.3. The average molecular weight is 1480 g/mol. The molecule has 0 bridgehead atoms. The minimum atomic E-state index is 0.568. The van der Waals surface area contributed by atoms with E-state index in [1.54, 1.807) is 0 Å². The fourth-order valence-corrected chi connectivity index (χ4v) is 16.7. The lowest BCUT2D eigenvalue weighted by Gasteiger charge is -2.18. The Balaban J connectivity index is 0.658. The van der Waals surface area contributed by atoms with Crippen molar-refractivity contribution in [3.8, 4) is 169 Å². The second-order valence-corrected chi connectivity index (χ2v) is 29.3. The van der Waals surface area contributed by atoms with Crippen LogP contribution in [-0.2, 0) is 0 Å². The smallest absolute Gasteiger partial charge is 0.164 e. The number of nitrogens with zero attached hydrogens (tertiary/aromatic N) is 8. The molecule has 542 valence electrons. The van der Waals surface area contributed by atoms with E-state index in [1.807, 2.05) is 54.6 Å². The molecule has 0 aliphatic rings. The number of aromatic nitrogens is 8. The summed E-state index contributed by atoms with van der Waals surface area (Å²) < 4.78 is 4.78. The summed E-state index contributed by atoms with van der Waals surface area (Å²) in [6, 6.07) is 151. The van der Waals surface area contributed by atoms with Crippen molar-refractivity contribution >= 4 is 43.6 Å². The molecule has 17 aromatic carbocycles. The van der Waals surface area contributed by atoms with Gasteiger partial charge in [-0.05, 0) is 180 Å². The highest BCUT2D eigenvalue weighted by molar-refractivity contribution is 6.13. The molecule has 0 spiro atoms. The van der Waals surface area contributed by atoms with Gasteiger partial charge in [-0.25, -0.2) is 29.9 Å². The summed E-state index contributed by atoms with van der Waals surface area (Å²) in [5, 5.41) is 4.66. The maximum absolute atomic E-state index is 5.56. The lowest BCUT2D eigenvalue weighted by atomic mass is 9.87. The summed E-state index contributed by atoms with van der Waals surface area (Å²) in [6.45, 7) is 0. The van der Waals surface area contributed by atoms with Gasteiger partial charge in [0.05, 0.1) is 22.1 Å². The Morgan fingerprint density at radius 3 is 0.741 bits per heavy atom. The van der Waals surface area contributed by atoms with Gasteiger partial charge in [-0.3, -0.25) is 0 Å². The van der Waals surface area contributed by atoms with Crippen molar-refractivity contribution < 1.29 is 0 Å². The van der Waals surface area contributed by atoms with Crippen molar-refractivity contribution in [1.29, 1.82) is 0 Å². The van der Waals surface area contributed by atoms with E-state index in [4.69, 9.17) is 29.9 Å². The predicted octanol–water partition coefficient (Wildman–Crippen LogP) is 27.6. The van der Waals surface area contributed by atoms with Crippen molar-refractivity contribution in [2.75, 3.05) is 0 Å². The third-order valence-electron chi connectivity index (χ3n) is 22.3. The fourth-order valence-electron chi connectivity index (χ4n) is 16.7. The molecule has 0 saturated carbocycles. The van der Waals surface area contributed by atoms with Crippen LogP contribution in [-0.4, -0.2) is 39.0 Å². The number of rotatable bonds is 16. The van der Waals surface area contributed by atoms with Gasteiger partial charge in [-0.1, -0.05) is 334 Å². The fraction of sp³-hybridized carbons (Fsp3) is 0. The third-order valence-corrected chi connectivity index (χ3v) is 22.3. The minimum Gasteiger partial charge on any atom is -0.309 e. The Labute approximate surface area is 671 Å². The summed E-state index contributed by atoms with van der Waals surface area (Å²) in [4.78, 5) is 32.1. The maximum atomic E-state index is 5.56. The van der Waals surface area contributed by atoms with Gasteiger partial charge < -0.3 is 9.13 Å².